The summed E-state index contributed by atoms with van der Waals surface area (Å²) in [5.74, 6) is 1.00. The highest BCUT2D eigenvalue weighted by Gasteiger charge is 2.20. The maximum absolute atomic E-state index is 3.81. The molecule has 96 valence electrons. The summed E-state index contributed by atoms with van der Waals surface area (Å²) in [6.07, 6.45) is 8.18. The monoisotopic (exact) mass is 251 g/mol. The normalized spacial score (nSPS) is 26.9. The van der Waals surface area contributed by atoms with Crippen LogP contribution in [0.5, 0.6) is 0 Å². The average Bonchev–Trinajstić information content (AvgIpc) is 2.82. The molecule has 0 bridgehead atoms. The van der Waals surface area contributed by atoms with Gasteiger partial charge in [-0.1, -0.05) is 19.4 Å². The Labute approximate surface area is 110 Å². The van der Waals surface area contributed by atoms with Crippen molar-refractivity contribution in [3.05, 3.63) is 22.4 Å². The minimum Gasteiger partial charge on any atom is -0.311 e. The summed E-state index contributed by atoms with van der Waals surface area (Å²) in [7, 11) is 0. The van der Waals surface area contributed by atoms with Crippen LogP contribution in [-0.2, 0) is 6.42 Å². The quantitative estimate of drug-likeness (QED) is 0.825. The van der Waals surface area contributed by atoms with E-state index in [4.69, 9.17) is 0 Å². The Kier molecular flexibility index (Phi) is 5.05. The summed E-state index contributed by atoms with van der Waals surface area (Å²) in [5.41, 5.74) is 0. The van der Waals surface area contributed by atoms with E-state index in [1.54, 1.807) is 0 Å². The molecular weight excluding hydrogens is 226 g/mol. The summed E-state index contributed by atoms with van der Waals surface area (Å²) in [6.45, 7) is 4.66. The van der Waals surface area contributed by atoms with Crippen molar-refractivity contribution in [2.45, 2.75) is 64.5 Å². The van der Waals surface area contributed by atoms with Gasteiger partial charge < -0.3 is 5.32 Å². The van der Waals surface area contributed by atoms with Crippen molar-refractivity contribution in [2.75, 3.05) is 0 Å². The average molecular weight is 251 g/mol. The SMILES string of the molecule is CCC1CCC(NC(C)Cc2cccs2)CC1. The van der Waals surface area contributed by atoms with Gasteiger partial charge in [-0.3, -0.25) is 0 Å². The lowest BCUT2D eigenvalue weighted by Gasteiger charge is -2.30. The smallest absolute Gasteiger partial charge is 0.00896 e. The molecule has 0 spiro atoms. The number of nitrogens with one attached hydrogen (secondary N) is 1. The Morgan fingerprint density at radius 3 is 2.71 bits per heavy atom. The first kappa shape index (κ1) is 13.1. The molecule has 0 saturated heterocycles. The van der Waals surface area contributed by atoms with Crippen LogP contribution in [0, 0.1) is 5.92 Å². The topological polar surface area (TPSA) is 12.0 Å². The molecule has 1 aromatic heterocycles. The molecule has 1 aromatic rings. The summed E-state index contributed by atoms with van der Waals surface area (Å²) < 4.78 is 0. The van der Waals surface area contributed by atoms with Crippen LogP contribution in [-0.4, -0.2) is 12.1 Å². The van der Waals surface area contributed by atoms with E-state index in [1.165, 1.54) is 43.4 Å². The Balaban J connectivity index is 1.70. The van der Waals surface area contributed by atoms with Gasteiger partial charge in [-0.2, -0.15) is 0 Å². The third kappa shape index (κ3) is 4.11. The zero-order valence-corrected chi connectivity index (χ0v) is 11.9. The molecule has 0 radical (unpaired) electrons. The fraction of sp³-hybridized carbons (Fsp3) is 0.733. The number of thiophene rings is 1. The first-order valence-electron chi connectivity index (χ1n) is 7.06. The second-order valence-electron chi connectivity index (χ2n) is 5.48. The van der Waals surface area contributed by atoms with E-state index in [1.807, 2.05) is 11.3 Å². The van der Waals surface area contributed by atoms with Gasteiger partial charge in [0.1, 0.15) is 0 Å². The Hall–Kier alpha value is -0.340. The molecule has 0 amide bonds. The van der Waals surface area contributed by atoms with Crippen molar-refractivity contribution < 1.29 is 0 Å². The summed E-state index contributed by atoms with van der Waals surface area (Å²) in [4.78, 5) is 1.51. The van der Waals surface area contributed by atoms with Gasteiger partial charge >= 0.3 is 0 Å². The van der Waals surface area contributed by atoms with E-state index >= 15 is 0 Å². The fourth-order valence-corrected chi connectivity index (χ4v) is 3.76. The molecule has 2 heteroatoms. The van der Waals surface area contributed by atoms with Crippen LogP contribution in [0.1, 0.15) is 50.8 Å². The van der Waals surface area contributed by atoms with Gasteiger partial charge in [0.25, 0.3) is 0 Å². The number of hydrogen-bond acceptors (Lipinski definition) is 2. The lowest BCUT2D eigenvalue weighted by Crippen LogP contribution is -2.39. The third-order valence-electron chi connectivity index (χ3n) is 4.03. The largest absolute Gasteiger partial charge is 0.311 e. The van der Waals surface area contributed by atoms with Gasteiger partial charge in [-0.25, -0.2) is 0 Å². The third-order valence-corrected chi connectivity index (χ3v) is 4.93. The highest BCUT2D eigenvalue weighted by atomic mass is 32.1. The van der Waals surface area contributed by atoms with Crippen LogP contribution >= 0.6 is 11.3 Å². The van der Waals surface area contributed by atoms with Crippen molar-refractivity contribution in [1.29, 1.82) is 0 Å². The molecule has 1 N–H and O–H groups in total. The van der Waals surface area contributed by atoms with Crippen LogP contribution < -0.4 is 5.32 Å². The first-order chi connectivity index (χ1) is 8.28. The molecule has 0 aromatic carbocycles. The highest BCUT2D eigenvalue weighted by molar-refractivity contribution is 7.09. The molecule has 1 aliphatic rings. The van der Waals surface area contributed by atoms with Gasteiger partial charge in [0.05, 0.1) is 0 Å². The van der Waals surface area contributed by atoms with Crippen molar-refractivity contribution >= 4 is 11.3 Å². The van der Waals surface area contributed by atoms with Crippen LogP contribution in [0.4, 0.5) is 0 Å². The summed E-state index contributed by atoms with van der Waals surface area (Å²) in [5, 5.41) is 5.98. The van der Waals surface area contributed by atoms with Gasteiger partial charge in [-0.15, -0.1) is 11.3 Å². The Morgan fingerprint density at radius 2 is 2.12 bits per heavy atom. The van der Waals surface area contributed by atoms with E-state index in [9.17, 15) is 0 Å². The zero-order chi connectivity index (χ0) is 12.1. The number of rotatable bonds is 5. The van der Waals surface area contributed by atoms with E-state index < -0.39 is 0 Å². The minimum atomic E-state index is 0.622. The summed E-state index contributed by atoms with van der Waals surface area (Å²) >= 11 is 1.88. The predicted octanol–water partition coefficient (Wildman–Crippen LogP) is 4.24. The van der Waals surface area contributed by atoms with E-state index in [0.717, 1.165) is 12.0 Å². The van der Waals surface area contributed by atoms with Crippen molar-refractivity contribution in [3.63, 3.8) is 0 Å². The van der Waals surface area contributed by atoms with Crippen LogP contribution in [0.15, 0.2) is 17.5 Å². The van der Waals surface area contributed by atoms with Crippen LogP contribution in [0.2, 0.25) is 0 Å². The lowest BCUT2D eigenvalue weighted by molar-refractivity contribution is 0.272. The molecule has 1 unspecified atom stereocenters. The Morgan fingerprint density at radius 1 is 1.35 bits per heavy atom. The minimum absolute atomic E-state index is 0.622. The summed E-state index contributed by atoms with van der Waals surface area (Å²) in [6, 6.07) is 5.79. The van der Waals surface area contributed by atoms with Crippen molar-refractivity contribution in [1.82, 2.24) is 5.32 Å². The standard InChI is InChI=1S/C15H25NS/c1-3-13-6-8-14(9-7-13)16-12(2)11-15-5-4-10-17-15/h4-5,10,12-14,16H,3,6-9,11H2,1-2H3. The second-order valence-corrected chi connectivity index (χ2v) is 6.51. The molecule has 1 atom stereocenters. The highest BCUT2D eigenvalue weighted by Crippen LogP contribution is 2.26. The predicted molar refractivity (Wildman–Crippen MR) is 76.7 cm³/mol. The fourth-order valence-electron chi connectivity index (χ4n) is 2.93. The van der Waals surface area contributed by atoms with E-state index in [2.05, 4.69) is 36.7 Å². The van der Waals surface area contributed by atoms with Gasteiger partial charge in [-0.05, 0) is 56.4 Å². The molecule has 1 heterocycles. The van der Waals surface area contributed by atoms with E-state index in [0.29, 0.717) is 6.04 Å². The first-order valence-corrected chi connectivity index (χ1v) is 7.94. The van der Waals surface area contributed by atoms with Crippen LogP contribution in [0.3, 0.4) is 0 Å². The number of hydrogen-bond donors (Lipinski definition) is 1. The van der Waals surface area contributed by atoms with Gasteiger partial charge in [0.15, 0.2) is 0 Å². The molecule has 1 nitrogen and oxygen atoms in total. The van der Waals surface area contributed by atoms with Gasteiger partial charge in [0.2, 0.25) is 0 Å². The van der Waals surface area contributed by atoms with E-state index in [-0.39, 0.29) is 0 Å². The molecule has 17 heavy (non-hydrogen) atoms. The zero-order valence-electron chi connectivity index (χ0n) is 11.1. The Bertz CT molecular complexity index is 299. The molecule has 1 saturated carbocycles. The lowest BCUT2D eigenvalue weighted by atomic mass is 9.84. The molecule has 0 aliphatic heterocycles. The maximum Gasteiger partial charge on any atom is 0.00896 e. The van der Waals surface area contributed by atoms with Gasteiger partial charge in [0, 0.05) is 17.0 Å². The molecule has 1 aliphatic carbocycles. The molecular formula is C15H25NS. The van der Waals surface area contributed by atoms with Crippen molar-refractivity contribution in [2.24, 2.45) is 5.92 Å². The van der Waals surface area contributed by atoms with Crippen LogP contribution in [0.25, 0.3) is 0 Å². The molecule has 1 fully saturated rings. The van der Waals surface area contributed by atoms with Crippen molar-refractivity contribution in [3.8, 4) is 0 Å². The molecule has 2 rings (SSSR count). The second kappa shape index (κ2) is 6.55. The maximum atomic E-state index is 3.81.